The number of benzene rings is 1. The molecule has 0 aliphatic heterocycles. The monoisotopic (exact) mass is 269 g/mol. The molecule has 0 atom stereocenters. The summed E-state index contributed by atoms with van der Waals surface area (Å²) < 4.78 is 5.17. The Labute approximate surface area is 97.3 Å². The quantitative estimate of drug-likeness (QED) is 0.675. The summed E-state index contributed by atoms with van der Waals surface area (Å²) in [5, 5.41) is 2.97. The largest absolute Gasteiger partial charge is 0.462 e. The summed E-state index contributed by atoms with van der Waals surface area (Å²) in [5.74, 6) is -0.374. The van der Waals surface area contributed by atoms with Crippen molar-refractivity contribution >= 4 is 27.6 Å². The molecule has 1 N–H and O–H groups in total. The van der Waals surface area contributed by atoms with Crippen molar-refractivity contribution < 1.29 is 9.53 Å². The van der Waals surface area contributed by atoms with Gasteiger partial charge in [-0.15, -0.1) is 0 Å². The van der Waals surface area contributed by atoms with Crippen LogP contribution in [0.25, 0.3) is 0 Å². The fourth-order valence-corrected chi connectivity index (χ4v) is 1.17. The second kappa shape index (κ2) is 6.24. The van der Waals surface area contributed by atoms with Crippen molar-refractivity contribution in [3.8, 4) is 0 Å². The zero-order valence-corrected chi connectivity index (χ0v) is 9.95. The number of carbonyl (C=O) groups is 1. The number of rotatable bonds is 4. The number of halogens is 1. The molecule has 0 aliphatic carbocycles. The number of hydrogen-bond acceptors (Lipinski definition) is 3. The van der Waals surface area contributed by atoms with E-state index in [2.05, 4.69) is 21.2 Å². The van der Waals surface area contributed by atoms with E-state index in [-0.39, 0.29) is 5.97 Å². The molecule has 0 radical (unpaired) electrons. The molecule has 3 nitrogen and oxygen atoms in total. The average Bonchev–Trinajstić information content (AvgIpc) is 2.27. The first kappa shape index (κ1) is 11.8. The molecule has 1 aromatic rings. The van der Waals surface area contributed by atoms with E-state index >= 15 is 0 Å². The summed E-state index contributed by atoms with van der Waals surface area (Å²) in [6.07, 6.45) is 1.56. The lowest BCUT2D eigenvalue weighted by atomic mass is 10.3. The van der Waals surface area contributed by atoms with Crippen LogP contribution >= 0.6 is 15.9 Å². The van der Waals surface area contributed by atoms with Crippen LogP contribution in [0.3, 0.4) is 0 Å². The zero-order chi connectivity index (χ0) is 11.1. The van der Waals surface area contributed by atoms with Crippen molar-refractivity contribution in [3.05, 3.63) is 41.0 Å². The molecule has 0 spiro atoms. The minimum atomic E-state index is -0.374. The van der Waals surface area contributed by atoms with Crippen LogP contribution in [0.5, 0.6) is 0 Å². The molecule has 0 aromatic heterocycles. The molecule has 0 amide bonds. The summed E-state index contributed by atoms with van der Waals surface area (Å²) in [7, 11) is 0. The van der Waals surface area contributed by atoms with Crippen LogP contribution < -0.4 is 5.32 Å². The summed E-state index contributed by atoms with van der Waals surface area (Å²) in [6.45, 7) is 2.13. The van der Waals surface area contributed by atoms with E-state index in [0.29, 0.717) is 11.1 Å². The van der Waals surface area contributed by atoms with E-state index < -0.39 is 0 Å². The van der Waals surface area contributed by atoms with Crippen molar-refractivity contribution in [2.45, 2.75) is 6.92 Å². The second-order valence-corrected chi connectivity index (χ2v) is 3.58. The summed E-state index contributed by atoms with van der Waals surface area (Å²) in [6, 6.07) is 9.56. The number of carbonyl (C=O) groups excluding carboxylic acids is 1. The lowest BCUT2D eigenvalue weighted by Gasteiger charge is -2.02. The standard InChI is InChI=1S/C11H12BrNO2/c1-2-15-11(14)10(12)8-13-9-6-4-3-5-7-9/h3-8,13H,2H2,1H3/b10-8-. The molecule has 0 saturated heterocycles. The van der Waals surface area contributed by atoms with E-state index in [1.165, 1.54) is 0 Å². The van der Waals surface area contributed by atoms with Crippen molar-refractivity contribution in [2.75, 3.05) is 11.9 Å². The van der Waals surface area contributed by atoms with Gasteiger partial charge in [-0.2, -0.15) is 0 Å². The first-order valence-electron chi connectivity index (χ1n) is 4.58. The summed E-state index contributed by atoms with van der Waals surface area (Å²) in [4.78, 5) is 11.2. The normalized spacial score (nSPS) is 10.9. The van der Waals surface area contributed by atoms with Crippen LogP contribution in [0, 0.1) is 0 Å². The van der Waals surface area contributed by atoms with Crippen LogP contribution in [0.4, 0.5) is 5.69 Å². The lowest BCUT2D eigenvalue weighted by molar-refractivity contribution is -0.137. The molecule has 0 aliphatic rings. The zero-order valence-electron chi connectivity index (χ0n) is 8.37. The van der Waals surface area contributed by atoms with Crippen LogP contribution in [-0.2, 0) is 9.53 Å². The maximum Gasteiger partial charge on any atom is 0.346 e. The molecule has 0 unspecified atom stereocenters. The summed E-state index contributed by atoms with van der Waals surface area (Å²) in [5.41, 5.74) is 0.916. The van der Waals surface area contributed by atoms with Crippen molar-refractivity contribution in [1.29, 1.82) is 0 Å². The van der Waals surface area contributed by atoms with Crippen LogP contribution in [-0.4, -0.2) is 12.6 Å². The number of ether oxygens (including phenoxy) is 1. The molecule has 0 bridgehead atoms. The second-order valence-electron chi connectivity index (χ2n) is 2.72. The Bertz CT molecular complexity index is 349. The SMILES string of the molecule is CCOC(=O)/C(Br)=C/Nc1ccccc1. The predicted molar refractivity (Wildman–Crippen MR) is 63.7 cm³/mol. The average molecular weight is 270 g/mol. The molecular weight excluding hydrogens is 258 g/mol. The highest BCUT2D eigenvalue weighted by Crippen LogP contribution is 2.10. The maximum atomic E-state index is 11.2. The number of para-hydroxylation sites is 1. The number of esters is 1. The van der Waals surface area contributed by atoms with Crippen molar-refractivity contribution in [2.24, 2.45) is 0 Å². The molecule has 0 heterocycles. The van der Waals surface area contributed by atoms with Crippen molar-refractivity contribution in [1.82, 2.24) is 0 Å². The fraction of sp³-hybridized carbons (Fsp3) is 0.182. The Morgan fingerprint density at radius 2 is 2.13 bits per heavy atom. The van der Waals surface area contributed by atoms with E-state index in [9.17, 15) is 4.79 Å². The molecular formula is C11H12BrNO2. The number of anilines is 1. The molecule has 1 aromatic carbocycles. The highest BCUT2D eigenvalue weighted by Gasteiger charge is 2.05. The van der Waals surface area contributed by atoms with E-state index in [4.69, 9.17) is 4.74 Å². The lowest BCUT2D eigenvalue weighted by Crippen LogP contribution is -2.04. The minimum Gasteiger partial charge on any atom is -0.462 e. The first-order valence-corrected chi connectivity index (χ1v) is 5.37. The third-order valence-electron chi connectivity index (χ3n) is 1.61. The van der Waals surface area contributed by atoms with E-state index in [1.807, 2.05) is 30.3 Å². The third-order valence-corrected chi connectivity index (χ3v) is 2.16. The Balaban J connectivity index is 2.54. The number of hydrogen-bond donors (Lipinski definition) is 1. The van der Waals surface area contributed by atoms with E-state index in [1.54, 1.807) is 13.1 Å². The van der Waals surface area contributed by atoms with Gasteiger partial charge in [-0.25, -0.2) is 4.79 Å². The van der Waals surface area contributed by atoms with E-state index in [0.717, 1.165) is 5.69 Å². The van der Waals surface area contributed by atoms with Gasteiger partial charge in [0, 0.05) is 11.9 Å². The Morgan fingerprint density at radius 1 is 1.47 bits per heavy atom. The van der Waals surface area contributed by atoms with Gasteiger partial charge >= 0.3 is 5.97 Å². The van der Waals surface area contributed by atoms with Gasteiger partial charge < -0.3 is 10.1 Å². The molecule has 15 heavy (non-hydrogen) atoms. The topological polar surface area (TPSA) is 38.3 Å². The highest BCUT2D eigenvalue weighted by atomic mass is 79.9. The van der Waals surface area contributed by atoms with Gasteiger partial charge in [0.05, 0.1) is 6.61 Å². The molecule has 0 saturated carbocycles. The van der Waals surface area contributed by atoms with Crippen molar-refractivity contribution in [3.63, 3.8) is 0 Å². The third kappa shape index (κ3) is 4.16. The Morgan fingerprint density at radius 3 is 2.73 bits per heavy atom. The first-order chi connectivity index (χ1) is 7.24. The molecule has 0 fully saturated rings. The van der Waals surface area contributed by atoms with Gasteiger partial charge in [-0.3, -0.25) is 0 Å². The molecule has 1 rings (SSSR count). The Hall–Kier alpha value is -1.29. The molecule has 80 valence electrons. The van der Waals surface area contributed by atoms with Gasteiger partial charge in [0.25, 0.3) is 0 Å². The van der Waals surface area contributed by atoms with Gasteiger partial charge in [0.15, 0.2) is 0 Å². The van der Waals surface area contributed by atoms with Gasteiger partial charge in [0.2, 0.25) is 0 Å². The maximum absolute atomic E-state index is 11.2. The minimum absolute atomic E-state index is 0.368. The predicted octanol–water partition coefficient (Wildman–Crippen LogP) is 2.90. The van der Waals surface area contributed by atoms with Gasteiger partial charge in [-0.1, -0.05) is 18.2 Å². The number of nitrogens with one attached hydrogen (secondary N) is 1. The van der Waals surface area contributed by atoms with Crippen LogP contribution in [0.1, 0.15) is 6.92 Å². The molecule has 4 heteroatoms. The van der Waals surface area contributed by atoms with Gasteiger partial charge in [-0.05, 0) is 35.0 Å². The smallest absolute Gasteiger partial charge is 0.346 e. The van der Waals surface area contributed by atoms with Gasteiger partial charge in [0.1, 0.15) is 4.48 Å². The fourth-order valence-electron chi connectivity index (χ4n) is 0.940. The van der Waals surface area contributed by atoms with Crippen LogP contribution in [0.15, 0.2) is 41.0 Å². The van der Waals surface area contributed by atoms with Crippen LogP contribution in [0.2, 0.25) is 0 Å². The Kier molecular flexibility index (Phi) is 4.90. The highest BCUT2D eigenvalue weighted by molar-refractivity contribution is 9.12. The summed E-state index contributed by atoms with van der Waals surface area (Å²) >= 11 is 3.13.